The lowest BCUT2D eigenvalue weighted by atomic mass is 10.1. The zero-order valence-corrected chi connectivity index (χ0v) is 14.0. The van der Waals surface area contributed by atoms with Crippen LogP contribution in [-0.2, 0) is 24.2 Å². The second kappa shape index (κ2) is 6.57. The topological polar surface area (TPSA) is 59.8 Å². The summed E-state index contributed by atoms with van der Waals surface area (Å²) in [4.78, 5) is 21.2. The minimum atomic E-state index is 0.0356. The van der Waals surface area contributed by atoms with Crippen molar-refractivity contribution in [1.29, 1.82) is 0 Å². The highest BCUT2D eigenvalue weighted by Gasteiger charge is 2.20. The van der Waals surface area contributed by atoms with E-state index in [1.54, 1.807) is 11.3 Å². The van der Waals surface area contributed by atoms with E-state index in [9.17, 15) is 4.79 Å². The average molecular weight is 338 g/mol. The number of thiazole rings is 1. The van der Waals surface area contributed by atoms with Gasteiger partial charge in [-0.1, -0.05) is 30.3 Å². The number of nitrogens with one attached hydrogen (secondary N) is 1. The van der Waals surface area contributed by atoms with Gasteiger partial charge in [0, 0.05) is 42.3 Å². The van der Waals surface area contributed by atoms with Gasteiger partial charge in [-0.3, -0.25) is 4.79 Å². The Kier molecular flexibility index (Phi) is 4.13. The molecule has 0 bridgehead atoms. The molecule has 0 saturated heterocycles. The van der Waals surface area contributed by atoms with Crippen LogP contribution in [0.4, 0.5) is 0 Å². The molecule has 122 valence electrons. The second-order valence-electron chi connectivity index (χ2n) is 5.99. The number of carbonyl (C=O) groups excluding carboxylic acids is 1. The smallest absolute Gasteiger partial charge is 0.226 e. The van der Waals surface area contributed by atoms with Crippen molar-refractivity contribution in [3.05, 3.63) is 59.6 Å². The lowest BCUT2D eigenvalue weighted by molar-refractivity contribution is -0.121. The first-order valence-electron chi connectivity index (χ1n) is 8.07. The quantitative estimate of drug-likeness (QED) is 0.796. The summed E-state index contributed by atoms with van der Waals surface area (Å²) in [5, 5.41) is 6.05. The summed E-state index contributed by atoms with van der Waals surface area (Å²) in [7, 11) is 0. The number of fused-ring (bicyclic) bond motifs is 1. The number of hydrogen-bond donors (Lipinski definition) is 1. The van der Waals surface area contributed by atoms with Gasteiger partial charge in [-0.25, -0.2) is 9.97 Å². The fourth-order valence-electron chi connectivity index (χ4n) is 3.03. The zero-order valence-electron chi connectivity index (χ0n) is 13.2. The van der Waals surface area contributed by atoms with Crippen LogP contribution in [0.25, 0.3) is 10.6 Å². The van der Waals surface area contributed by atoms with Crippen LogP contribution >= 0.6 is 11.3 Å². The Labute approximate surface area is 144 Å². The lowest BCUT2D eigenvalue weighted by Gasteiger charge is -2.24. The summed E-state index contributed by atoms with van der Waals surface area (Å²) in [5.74, 6) is 1.14. The van der Waals surface area contributed by atoms with Gasteiger partial charge in [-0.2, -0.15) is 0 Å². The molecule has 1 unspecified atom stereocenters. The third kappa shape index (κ3) is 3.23. The molecule has 24 heavy (non-hydrogen) atoms. The van der Waals surface area contributed by atoms with Crippen LogP contribution in [0.2, 0.25) is 0 Å². The highest BCUT2D eigenvalue weighted by Crippen LogP contribution is 2.23. The number of imidazole rings is 1. The fourth-order valence-corrected chi connectivity index (χ4v) is 3.85. The Hall–Kier alpha value is -2.47. The molecule has 0 saturated carbocycles. The first kappa shape index (κ1) is 15.1. The van der Waals surface area contributed by atoms with Crippen molar-refractivity contribution in [2.24, 2.45) is 0 Å². The van der Waals surface area contributed by atoms with Crippen molar-refractivity contribution in [2.75, 3.05) is 0 Å². The zero-order chi connectivity index (χ0) is 16.4. The van der Waals surface area contributed by atoms with Gasteiger partial charge in [0.2, 0.25) is 5.91 Å². The van der Waals surface area contributed by atoms with Crippen molar-refractivity contribution in [2.45, 2.75) is 31.8 Å². The summed E-state index contributed by atoms with van der Waals surface area (Å²) in [5.41, 5.74) is 1.92. The number of benzene rings is 1. The maximum absolute atomic E-state index is 12.3. The minimum absolute atomic E-state index is 0.0356. The predicted octanol–water partition coefficient (Wildman–Crippen LogP) is 2.68. The van der Waals surface area contributed by atoms with E-state index < -0.39 is 0 Å². The van der Waals surface area contributed by atoms with Gasteiger partial charge in [0.1, 0.15) is 10.8 Å². The number of aryl methyl sites for hydroxylation is 1. The molecule has 5 nitrogen and oxygen atoms in total. The molecule has 3 aromatic rings. The van der Waals surface area contributed by atoms with Gasteiger partial charge in [-0.15, -0.1) is 11.3 Å². The molecule has 4 rings (SSSR count). The van der Waals surface area contributed by atoms with Gasteiger partial charge >= 0.3 is 0 Å². The van der Waals surface area contributed by atoms with Crippen LogP contribution in [0.15, 0.2) is 48.1 Å². The maximum Gasteiger partial charge on any atom is 0.226 e. The Morgan fingerprint density at radius 3 is 3.08 bits per heavy atom. The molecule has 1 N–H and O–H groups in total. The number of aromatic nitrogens is 3. The number of hydrogen-bond acceptors (Lipinski definition) is 4. The molecule has 0 aliphatic carbocycles. The van der Waals surface area contributed by atoms with Gasteiger partial charge in [0.15, 0.2) is 0 Å². The number of rotatable bonds is 4. The molecule has 6 heteroatoms. The molecule has 1 atom stereocenters. The highest BCUT2D eigenvalue weighted by molar-refractivity contribution is 7.13. The maximum atomic E-state index is 12.3. The molecular formula is C18H18N4OS. The molecule has 0 fully saturated rings. The van der Waals surface area contributed by atoms with Gasteiger partial charge in [0.05, 0.1) is 12.1 Å². The van der Waals surface area contributed by atoms with Crippen molar-refractivity contribution >= 4 is 17.2 Å². The van der Waals surface area contributed by atoms with E-state index in [0.29, 0.717) is 6.42 Å². The second-order valence-corrected chi connectivity index (χ2v) is 6.84. The van der Waals surface area contributed by atoms with Crippen LogP contribution < -0.4 is 5.32 Å². The SMILES string of the molecule is O=C(Cc1csc(-c2ccccc2)n1)NC1CCc2nccn2C1. The van der Waals surface area contributed by atoms with Crippen LogP contribution in [0.3, 0.4) is 0 Å². The predicted molar refractivity (Wildman–Crippen MR) is 93.7 cm³/mol. The Morgan fingerprint density at radius 1 is 1.33 bits per heavy atom. The average Bonchev–Trinajstić information content (AvgIpc) is 3.24. The Bertz CT molecular complexity index is 840. The molecule has 1 aliphatic rings. The first-order valence-corrected chi connectivity index (χ1v) is 8.95. The molecule has 1 aromatic carbocycles. The van der Waals surface area contributed by atoms with Gasteiger partial charge < -0.3 is 9.88 Å². The number of amides is 1. The summed E-state index contributed by atoms with van der Waals surface area (Å²) in [6.07, 6.45) is 5.97. The Morgan fingerprint density at radius 2 is 2.21 bits per heavy atom. The molecule has 2 aromatic heterocycles. The third-order valence-corrected chi connectivity index (χ3v) is 5.15. The molecule has 0 radical (unpaired) electrons. The van der Waals surface area contributed by atoms with E-state index in [1.807, 2.05) is 48.1 Å². The van der Waals surface area contributed by atoms with Crippen molar-refractivity contribution in [3.8, 4) is 10.6 Å². The van der Waals surface area contributed by atoms with Crippen molar-refractivity contribution in [3.63, 3.8) is 0 Å². The van der Waals surface area contributed by atoms with E-state index in [4.69, 9.17) is 0 Å². The monoisotopic (exact) mass is 338 g/mol. The van der Waals surface area contributed by atoms with Gasteiger partial charge in [-0.05, 0) is 6.42 Å². The number of carbonyl (C=O) groups is 1. The van der Waals surface area contributed by atoms with Crippen molar-refractivity contribution < 1.29 is 4.79 Å². The third-order valence-electron chi connectivity index (χ3n) is 4.21. The summed E-state index contributed by atoms with van der Waals surface area (Å²) < 4.78 is 2.12. The summed E-state index contributed by atoms with van der Waals surface area (Å²) in [6, 6.07) is 10.2. The van der Waals surface area contributed by atoms with E-state index in [1.165, 1.54) is 0 Å². The normalized spacial score (nSPS) is 16.6. The Balaban J connectivity index is 1.36. The van der Waals surface area contributed by atoms with Crippen LogP contribution in [0.1, 0.15) is 17.9 Å². The molecule has 1 aliphatic heterocycles. The number of nitrogens with zero attached hydrogens (tertiary/aromatic N) is 3. The minimum Gasteiger partial charge on any atom is -0.351 e. The molecule has 3 heterocycles. The van der Waals surface area contributed by atoms with Crippen molar-refractivity contribution in [1.82, 2.24) is 19.9 Å². The fraction of sp³-hybridized carbons (Fsp3) is 0.278. The van der Waals surface area contributed by atoms with E-state index >= 15 is 0 Å². The van der Waals surface area contributed by atoms with Gasteiger partial charge in [0.25, 0.3) is 0 Å². The van der Waals surface area contributed by atoms with E-state index in [-0.39, 0.29) is 11.9 Å². The largest absolute Gasteiger partial charge is 0.351 e. The lowest BCUT2D eigenvalue weighted by Crippen LogP contribution is -2.41. The standard InChI is InChI=1S/C18H18N4OS/c23-17(20-14-6-7-16-19-8-9-22(16)11-14)10-15-12-24-18(21-15)13-4-2-1-3-5-13/h1-5,8-9,12,14H,6-7,10-11H2,(H,20,23). The molecule has 0 spiro atoms. The highest BCUT2D eigenvalue weighted by atomic mass is 32.1. The van der Waals surface area contributed by atoms with Crippen LogP contribution in [0, 0.1) is 0 Å². The van der Waals surface area contributed by atoms with Crippen LogP contribution in [0.5, 0.6) is 0 Å². The molecular weight excluding hydrogens is 320 g/mol. The van der Waals surface area contributed by atoms with E-state index in [0.717, 1.165) is 41.5 Å². The first-order chi connectivity index (χ1) is 11.8. The summed E-state index contributed by atoms with van der Waals surface area (Å²) in [6.45, 7) is 0.799. The molecule has 1 amide bonds. The summed E-state index contributed by atoms with van der Waals surface area (Å²) >= 11 is 1.58. The van der Waals surface area contributed by atoms with E-state index in [2.05, 4.69) is 19.9 Å². The van der Waals surface area contributed by atoms with Crippen LogP contribution in [-0.4, -0.2) is 26.5 Å².